The number of nitrogens with zero attached hydrogens (tertiary/aromatic N) is 4. The number of ether oxygens (including phenoxy) is 1. The van der Waals surface area contributed by atoms with Crippen LogP contribution >= 0.6 is 0 Å². The summed E-state index contributed by atoms with van der Waals surface area (Å²) in [6.45, 7) is 7.41. The van der Waals surface area contributed by atoms with Crippen LogP contribution in [0.5, 0.6) is 5.75 Å². The standard InChI is InChI=1S/C28H26N4O4/c1-16-9-8-10-20(13-16)26-30-21(19(4)36-26)15-31-27(33)24-17(2)14-18(3)29-25(24)32(28(31)34)22-11-6-7-12-23(22)35-5/h6-14H,15H2,1-5H3. The van der Waals surface area contributed by atoms with Gasteiger partial charge in [0.05, 0.1) is 24.7 Å². The third-order valence-corrected chi connectivity index (χ3v) is 6.21. The lowest BCUT2D eigenvalue weighted by Crippen LogP contribution is -2.40. The van der Waals surface area contributed by atoms with Crippen molar-refractivity contribution in [3.05, 3.63) is 104 Å². The molecule has 0 aliphatic heterocycles. The smallest absolute Gasteiger partial charge is 0.337 e. The Morgan fingerprint density at radius 1 is 0.944 bits per heavy atom. The topological polar surface area (TPSA) is 92.1 Å². The van der Waals surface area contributed by atoms with E-state index in [2.05, 4.69) is 9.97 Å². The highest BCUT2D eigenvalue weighted by atomic mass is 16.5. The molecule has 0 bridgehead atoms. The molecule has 0 saturated heterocycles. The molecule has 36 heavy (non-hydrogen) atoms. The monoisotopic (exact) mass is 482 g/mol. The van der Waals surface area contributed by atoms with Crippen molar-refractivity contribution in [3.63, 3.8) is 0 Å². The molecule has 8 heteroatoms. The lowest BCUT2D eigenvalue weighted by molar-refractivity contribution is 0.412. The van der Waals surface area contributed by atoms with E-state index in [1.807, 2.05) is 63.2 Å². The first-order chi connectivity index (χ1) is 17.3. The van der Waals surface area contributed by atoms with Gasteiger partial charge >= 0.3 is 5.69 Å². The van der Waals surface area contributed by atoms with E-state index in [0.29, 0.717) is 45.5 Å². The van der Waals surface area contributed by atoms with Crippen LogP contribution in [-0.4, -0.2) is 26.2 Å². The zero-order valence-corrected chi connectivity index (χ0v) is 20.8. The Kier molecular flexibility index (Phi) is 5.80. The van der Waals surface area contributed by atoms with Crippen LogP contribution in [0.2, 0.25) is 0 Å². The molecular weight excluding hydrogens is 456 g/mol. The normalized spacial score (nSPS) is 11.2. The van der Waals surface area contributed by atoms with Crippen molar-refractivity contribution in [2.45, 2.75) is 34.2 Å². The summed E-state index contributed by atoms with van der Waals surface area (Å²) in [5.74, 6) is 1.48. The number of para-hydroxylation sites is 2. The van der Waals surface area contributed by atoms with Crippen molar-refractivity contribution in [2.24, 2.45) is 0 Å². The Hall–Kier alpha value is -4.46. The van der Waals surface area contributed by atoms with Crippen LogP contribution < -0.4 is 16.0 Å². The molecule has 0 saturated carbocycles. The number of aromatic nitrogens is 4. The number of aryl methyl sites for hydroxylation is 4. The summed E-state index contributed by atoms with van der Waals surface area (Å²) in [6, 6.07) is 16.8. The molecule has 0 atom stereocenters. The van der Waals surface area contributed by atoms with E-state index in [1.165, 1.54) is 16.2 Å². The summed E-state index contributed by atoms with van der Waals surface area (Å²) in [5.41, 5.74) is 3.69. The van der Waals surface area contributed by atoms with Crippen LogP contribution in [0.15, 0.2) is 68.6 Å². The molecule has 2 aromatic carbocycles. The van der Waals surface area contributed by atoms with E-state index < -0.39 is 11.2 Å². The lowest BCUT2D eigenvalue weighted by Gasteiger charge is -2.16. The largest absolute Gasteiger partial charge is 0.495 e. The molecule has 0 N–H and O–H groups in total. The quantitative estimate of drug-likeness (QED) is 0.366. The van der Waals surface area contributed by atoms with Crippen LogP contribution in [0.1, 0.15) is 28.3 Å². The van der Waals surface area contributed by atoms with Crippen molar-refractivity contribution in [3.8, 4) is 22.9 Å². The van der Waals surface area contributed by atoms with Gasteiger partial charge in [-0.15, -0.1) is 0 Å². The molecule has 5 aromatic rings. The summed E-state index contributed by atoms with van der Waals surface area (Å²) in [6.07, 6.45) is 0. The Morgan fingerprint density at radius 3 is 2.47 bits per heavy atom. The fourth-order valence-electron chi connectivity index (χ4n) is 4.47. The van der Waals surface area contributed by atoms with Crippen molar-refractivity contribution >= 4 is 11.0 Å². The number of hydrogen-bond acceptors (Lipinski definition) is 6. The van der Waals surface area contributed by atoms with Gasteiger partial charge < -0.3 is 9.15 Å². The predicted octanol–water partition coefficient (Wildman–Crippen LogP) is 4.49. The first-order valence-corrected chi connectivity index (χ1v) is 11.6. The second-order valence-corrected chi connectivity index (χ2v) is 8.85. The van der Waals surface area contributed by atoms with Gasteiger partial charge in [-0.1, -0.05) is 29.8 Å². The number of fused-ring (bicyclic) bond motifs is 1. The maximum Gasteiger partial charge on any atom is 0.337 e. The molecule has 0 fully saturated rings. The SMILES string of the molecule is COc1ccccc1-n1c(=O)n(Cc2nc(-c3cccc(C)c3)oc2C)c(=O)c2c(C)cc(C)nc21. The minimum atomic E-state index is -0.533. The van der Waals surface area contributed by atoms with Gasteiger partial charge in [-0.2, -0.15) is 0 Å². The summed E-state index contributed by atoms with van der Waals surface area (Å²) >= 11 is 0. The van der Waals surface area contributed by atoms with Gasteiger partial charge in [-0.25, -0.2) is 19.3 Å². The molecule has 3 aromatic heterocycles. The Bertz CT molecular complexity index is 1740. The first kappa shape index (κ1) is 23.3. The number of rotatable bonds is 5. The average molecular weight is 483 g/mol. The molecule has 0 unspecified atom stereocenters. The van der Waals surface area contributed by atoms with Gasteiger partial charge in [-0.05, 0) is 63.6 Å². The summed E-state index contributed by atoms with van der Waals surface area (Å²) in [5, 5.41) is 0.367. The van der Waals surface area contributed by atoms with E-state index in [1.54, 1.807) is 19.1 Å². The molecule has 8 nitrogen and oxygen atoms in total. The maximum absolute atomic E-state index is 13.9. The highest BCUT2D eigenvalue weighted by Gasteiger charge is 2.22. The second kappa shape index (κ2) is 8.96. The van der Waals surface area contributed by atoms with Crippen molar-refractivity contribution in [2.75, 3.05) is 7.11 Å². The maximum atomic E-state index is 13.9. The summed E-state index contributed by atoms with van der Waals surface area (Å²) < 4.78 is 14.1. The van der Waals surface area contributed by atoms with Crippen LogP contribution in [0.4, 0.5) is 0 Å². The molecule has 0 amide bonds. The van der Waals surface area contributed by atoms with Gasteiger partial charge in [0, 0.05) is 11.3 Å². The molecule has 5 rings (SSSR count). The van der Waals surface area contributed by atoms with Gasteiger partial charge in [0.25, 0.3) is 5.56 Å². The van der Waals surface area contributed by atoms with Gasteiger partial charge in [0.15, 0.2) is 5.65 Å². The zero-order valence-electron chi connectivity index (χ0n) is 20.8. The highest BCUT2D eigenvalue weighted by molar-refractivity contribution is 5.80. The van der Waals surface area contributed by atoms with Crippen molar-refractivity contribution < 1.29 is 9.15 Å². The number of methoxy groups -OCH3 is 1. The van der Waals surface area contributed by atoms with Gasteiger partial charge in [0.2, 0.25) is 5.89 Å². The Balaban J connectivity index is 1.76. The Morgan fingerprint density at radius 2 is 1.72 bits per heavy atom. The van der Waals surface area contributed by atoms with Crippen LogP contribution in [0.3, 0.4) is 0 Å². The molecule has 0 radical (unpaired) electrons. The highest BCUT2D eigenvalue weighted by Crippen LogP contribution is 2.25. The zero-order chi connectivity index (χ0) is 25.6. The number of benzene rings is 2. The van der Waals surface area contributed by atoms with E-state index in [-0.39, 0.29) is 6.54 Å². The van der Waals surface area contributed by atoms with E-state index in [9.17, 15) is 9.59 Å². The molecule has 182 valence electrons. The third kappa shape index (κ3) is 3.90. The first-order valence-electron chi connectivity index (χ1n) is 11.6. The molecular formula is C28H26N4O4. The molecule has 0 aliphatic carbocycles. The molecule has 0 spiro atoms. The van der Waals surface area contributed by atoms with Gasteiger partial charge in [-0.3, -0.25) is 9.36 Å². The van der Waals surface area contributed by atoms with Crippen molar-refractivity contribution in [1.29, 1.82) is 0 Å². The minimum Gasteiger partial charge on any atom is -0.495 e. The fourth-order valence-corrected chi connectivity index (χ4v) is 4.47. The summed E-state index contributed by atoms with van der Waals surface area (Å²) in [7, 11) is 1.54. The van der Waals surface area contributed by atoms with E-state index >= 15 is 0 Å². The van der Waals surface area contributed by atoms with Crippen LogP contribution in [-0.2, 0) is 6.54 Å². The van der Waals surface area contributed by atoms with Crippen LogP contribution in [0.25, 0.3) is 28.2 Å². The van der Waals surface area contributed by atoms with Crippen LogP contribution in [0, 0.1) is 27.7 Å². The number of oxazole rings is 1. The van der Waals surface area contributed by atoms with Gasteiger partial charge in [0.1, 0.15) is 17.2 Å². The minimum absolute atomic E-state index is 0.0444. The van der Waals surface area contributed by atoms with E-state index in [0.717, 1.165) is 16.7 Å². The summed E-state index contributed by atoms with van der Waals surface area (Å²) in [4.78, 5) is 36.8. The molecule has 0 aliphatic rings. The predicted molar refractivity (Wildman–Crippen MR) is 138 cm³/mol. The lowest BCUT2D eigenvalue weighted by atomic mass is 10.1. The fraction of sp³-hybridized carbons (Fsp3) is 0.214. The van der Waals surface area contributed by atoms with Crippen molar-refractivity contribution in [1.82, 2.24) is 19.1 Å². The molecule has 3 heterocycles. The number of hydrogen-bond donors (Lipinski definition) is 0. The number of pyridine rings is 1. The average Bonchev–Trinajstić information content (AvgIpc) is 3.22. The third-order valence-electron chi connectivity index (χ3n) is 6.21. The second-order valence-electron chi connectivity index (χ2n) is 8.85. The Labute approximate surface area is 207 Å². The van der Waals surface area contributed by atoms with E-state index in [4.69, 9.17) is 9.15 Å².